The second kappa shape index (κ2) is 7.61. The van der Waals surface area contributed by atoms with Crippen LogP contribution in [0.3, 0.4) is 0 Å². The molecule has 0 aliphatic carbocycles. The zero-order valence-electron chi connectivity index (χ0n) is 15.2. The fraction of sp³-hybridized carbons (Fsp3) is 0.286. The van der Waals surface area contributed by atoms with E-state index < -0.39 is 0 Å². The Hall–Kier alpha value is -3.15. The highest BCUT2D eigenvalue weighted by Gasteiger charge is 2.28. The molecule has 0 spiro atoms. The van der Waals surface area contributed by atoms with Crippen molar-refractivity contribution < 1.29 is 14.1 Å². The summed E-state index contributed by atoms with van der Waals surface area (Å²) in [5.41, 5.74) is 0.651. The highest BCUT2D eigenvalue weighted by Crippen LogP contribution is 2.27. The molecule has 1 atom stereocenters. The molecular weight excluding hydrogens is 342 g/mol. The minimum Gasteiger partial charge on any atom is -0.457 e. The molecule has 0 N–H and O–H groups in total. The average molecular weight is 363 g/mol. The lowest BCUT2D eigenvalue weighted by Gasteiger charge is -2.31. The molecule has 4 rings (SSSR count). The Bertz CT molecular complexity index is 906. The van der Waals surface area contributed by atoms with Crippen molar-refractivity contribution in [3.8, 4) is 11.5 Å². The monoisotopic (exact) mass is 363 g/mol. The van der Waals surface area contributed by atoms with Gasteiger partial charge in [0.25, 0.3) is 5.91 Å². The van der Waals surface area contributed by atoms with Crippen molar-refractivity contribution in [3.63, 3.8) is 0 Å². The number of ether oxygens (including phenoxy) is 1. The number of hydrogen-bond acceptors (Lipinski definition) is 5. The van der Waals surface area contributed by atoms with Gasteiger partial charge in [-0.15, -0.1) is 0 Å². The van der Waals surface area contributed by atoms with E-state index in [1.165, 1.54) is 0 Å². The summed E-state index contributed by atoms with van der Waals surface area (Å²) in [6.45, 7) is 3.14. The van der Waals surface area contributed by atoms with Crippen LogP contribution in [-0.4, -0.2) is 34.0 Å². The maximum atomic E-state index is 12.9. The number of piperidine rings is 1. The molecule has 0 bridgehead atoms. The summed E-state index contributed by atoms with van der Waals surface area (Å²) in [6.07, 6.45) is 1.88. The van der Waals surface area contributed by atoms with Crippen molar-refractivity contribution in [3.05, 3.63) is 71.9 Å². The summed E-state index contributed by atoms with van der Waals surface area (Å²) < 4.78 is 11.1. The molecule has 6 heteroatoms. The molecule has 0 radical (unpaired) electrons. The van der Waals surface area contributed by atoms with Crippen LogP contribution in [0.15, 0.2) is 59.1 Å². The van der Waals surface area contributed by atoms with Gasteiger partial charge in [0, 0.05) is 18.7 Å². The Labute approximate surface area is 157 Å². The van der Waals surface area contributed by atoms with Gasteiger partial charge >= 0.3 is 0 Å². The molecule has 2 aromatic carbocycles. The topological polar surface area (TPSA) is 68.5 Å². The highest BCUT2D eigenvalue weighted by atomic mass is 16.5. The lowest BCUT2D eigenvalue weighted by molar-refractivity contribution is 0.0695. The van der Waals surface area contributed by atoms with Gasteiger partial charge in [-0.05, 0) is 56.2 Å². The number of hydrogen-bond donors (Lipinski definition) is 0. The van der Waals surface area contributed by atoms with Gasteiger partial charge in [-0.1, -0.05) is 23.4 Å². The smallest absolute Gasteiger partial charge is 0.253 e. The summed E-state index contributed by atoms with van der Waals surface area (Å²) in [7, 11) is 0. The van der Waals surface area contributed by atoms with Crippen LogP contribution in [0.4, 0.5) is 0 Å². The molecule has 1 aromatic heterocycles. The molecule has 1 aliphatic heterocycles. The molecule has 27 heavy (non-hydrogen) atoms. The predicted octanol–water partition coefficient (Wildman–Crippen LogP) is 4.19. The standard InChI is InChI=1S/C21H21N3O3/c1-15-22-20(27-23-15)17-6-5-13-24(14-17)21(25)16-9-11-19(12-10-16)26-18-7-3-2-4-8-18/h2-4,7-12,17H,5-6,13-14H2,1H3/t17-/m1/s1. The average Bonchev–Trinajstić information content (AvgIpc) is 3.15. The summed E-state index contributed by atoms with van der Waals surface area (Å²) in [4.78, 5) is 19.1. The Morgan fingerprint density at radius 2 is 1.85 bits per heavy atom. The first-order chi connectivity index (χ1) is 13.2. The van der Waals surface area contributed by atoms with E-state index in [4.69, 9.17) is 9.26 Å². The maximum Gasteiger partial charge on any atom is 0.253 e. The van der Waals surface area contributed by atoms with E-state index in [9.17, 15) is 4.79 Å². The highest BCUT2D eigenvalue weighted by molar-refractivity contribution is 5.94. The van der Waals surface area contributed by atoms with Crippen LogP contribution in [0.25, 0.3) is 0 Å². The fourth-order valence-electron chi connectivity index (χ4n) is 3.31. The van der Waals surface area contributed by atoms with Crippen molar-refractivity contribution in [1.82, 2.24) is 15.0 Å². The zero-order valence-corrected chi connectivity index (χ0v) is 15.2. The van der Waals surface area contributed by atoms with Gasteiger partial charge in [0.1, 0.15) is 11.5 Å². The van der Waals surface area contributed by atoms with Crippen molar-refractivity contribution in [2.45, 2.75) is 25.7 Å². The van der Waals surface area contributed by atoms with Gasteiger partial charge in [0.2, 0.25) is 5.89 Å². The van der Waals surface area contributed by atoms with E-state index in [2.05, 4.69) is 10.1 Å². The normalized spacial score (nSPS) is 16.9. The number of para-hydroxylation sites is 1. The lowest BCUT2D eigenvalue weighted by Crippen LogP contribution is -2.39. The van der Waals surface area contributed by atoms with Crippen molar-refractivity contribution >= 4 is 5.91 Å². The third-order valence-corrected chi connectivity index (χ3v) is 4.68. The van der Waals surface area contributed by atoms with Crippen molar-refractivity contribution in [2.24, 2.45) is 0 Å². The summed E-state index contributed by atoms with van der Waals surface area (Å²) in [6, 6.07) is 16.8. The number of rotatable bonds is 4. The first-order valence-electron chi connectivity index (χ1n) is 9.11. The van der Waals surface area contributed by atoms with Crippen LogP contribution < -0.4 is 4.74 Å². The van der Waals surface area contributed by atoms with Gasteiger partial charge in [-0.2, -0.15) is 4.98 Å². The Balaban J connectivity index is 1.42. The van der Waals surface area contributed by atoms with Gasteiger partial charge in [-0.3, -0.25) is 4.79 Å². The fourth-order valence-corrected chi connectivity index (χ4v) is 3.31. The molecule has 1 fully saturated rings. The summed E-state index contributed by atoms with van der Waals surface area (Å²) in [5, 5.41) is 3.86. The predicted molar refractivity (Wildman–Crippen MR) is 99.9 cm³/mol. The van der Waals surface area contributed by atoms with Crippen LogP contribution in [0.5, 0.6) is 11.5 Å². The van der Waals surface area contributed by atoms with E-state index in [0.717, 1.165) is 25.1 Å². The van der Waals surface area contributed by atoms with Gasteiger partial charge < -0.3 is 14.2 Å². The largest absolute Gasteiger partial charge is 0.457 e. The molecule has 1 aliphatic rings. The molecule has 1 saturated heterocycles. The first kappa shape index (κ1) is 17.3. The lowest BCUT2D eigenvalue weighted by atomic mass is 9.97. The van der Waals surface area contributed by atoms with E-state index in [-0.39, 0.29) is 11.8 Å². The quantitative estimate of drug-likeness (QED) is 0.695. The van der Waals surface area contributed by atoms with E-state index in [0.29, 0.717) is 29.6 Å². The Morgan fingerprint density at radius 1 is 1.11 bits per heavy atom. The molecular formula is C21H21N3O3. The van der Waals surface area contributed by atoms with E-state index in [1.54, 1.807) is 19.1 Å². The number of carbonyl (C=O) groups excluding carboxylic acids is 1. The van der Waals surface area contributed by atoms with Crippen molar-refractivity contribution in [1.29, 1.82) is 0 Å². The summed E-state index contributed by atoms with van der Waals surface area (Å²) >= 11 is 0. The molecule has 6 nitrogen and oxygen atoms in total. The minimum absolute atomic E-state index is 0.0159. The molecule has 0 saturated carbocycles. The third-order valence-electron chi connectivity index (χ3n) is 4.68. The van der Waals surface area contributed by atoms with E-state index in [1.807, 2.05) is 47.4 Å². The molecule has 3 aromatic rings. The summed E-state index contributed by atoms with van der Waals surface area (Å²) in [5.74, 6) is 2.84. The van der Waals surface area contributed by atoms with Crippen LogP contribution in [0, 0.1) is 6.92 Å². The molecule has 0 unspecified atom stereocenters. The van der Waals surface area contributed by atoms with E-state index >= 15 is 0 Å². The number of amides is 1. The van der Waals surface area contributed by atoms with Gasteiger partial charge in [-0.25, -0.2) is 0 Å². The minimum atomic E-state index is 0.0159. The molecule has 1 amide bonds. The Morgan fingerprint density at radius 3 is 2.56 bits per heavy atom. The number of nitrogens with zero attached hydrogens (tertiary/aromatic N) is 3. The number of benzene rings is 2. The number of likely N-dealkylation sites (tertiary alicyclic amines) is 1. The van der Waals surface area contributed by atoms with Gasteiger partial charge in [0.05, 0.1) is 5.92 Å². The van der Waals surface area contributed by atoms with Gasteiger partial charge in [0.15, 0.2) is 5.82 Å². The molecule has 138 valence electrons. The second-order valence-corrected chi connectivity index (χ2v) is 6.71. The number of aryl methyl sites for hydroxylation is 1. The SMILES string of the molecule is Cc1noc([C@@H]2CCCN(C(=O)c3ccc(Oc4ccccc4)cc3)C2)n1. The second-order valence-electron chi connectivity index (χ2n) is 6.71. The molecule has 2 heterocycles. The number of carbonyl (C=O) groups is 1. The van der Waals surface area contributed by atoms with Crippen LogP contribution >= 0.6 is 0 Å². The van der Waals surface area contributed by atoms with Crippen LogP contribution in [-0.2, 0) is 0 Å². The van der Waals surface area contributed by atoms with Crippen LogP contribution in [0.1, 0.15) is 40.8 Å². The first-order valence-corrected chi connectivity index (χ1v) is 9.11. The third kappa shape index (κ3) is 4.00. The number of aromatic nitrogens is 2. The van der Waals surface area contributed by atoms with Crippen molar-refractivity contribution in [2.75, 3.05) is 13.1 Å². The van der Waals surface area contributed by atoms with Crippen LogP contribution in [0.2, 0.25) is 0 Å². The Kier molecular flexibility index (Phi) is 4.87. The zero-order chi connectivity index (χ0) is 18.6. The maximum absolute atomic E-state index is 12.9.